The Morgan fingerprint density at radius 3 is 3.06 bits per heavy atom. The topological polar surface area (TPSA) is 71.5 Å². The summed E-state index contributed by atoms with van der Waals surface area (Å²) in [5.41, 5.74) is 6.92. The van der Waals surface area contributed by atoms with E-state index in [1.54, 1.807) is 17.2 Å². The molecule has 1 amide bonds. The first kappa shape index (κ1) is 12.0. The molecule has 2 heterocycles. The number of piperidine rings is 1. The van der Waals surface area contributed by atoms with Crippen LogP contribution in [0.4, 0.5) is 5.69 Å². The van der Waals surface area contributed by atoms with Crippen molar-refractivity contribution in [2.45, 2.75) is 32.4 Å². The molecule has 1 atom stereocenters. The van der Waals surface area contributed by atoms with Crippen molar-refractivity contribution >= 4 is 11.6 Å². The van der Waals surface area contributed by atoms with E-state index >= 15 is 0 Å². The molecule has 1 aromatic heterocycles. The molecular formula is C12H19N3O2. The lowest BCUT2D eigenvalue weighted by molar-refractivity contribution is 0.0465. The first-order valence-corrected chi connectivity index (χ1v) is 6.04. The Morgan fingerprint density at radius 1 is 1.65 bits per heavy atom. The van der Waals surface area contributed by atoms with Crippen LogP contribution in [0.1, 0.15) is 30.3 Å². The van der Waals surface area contributed by atoms with Gasteiger partial charge >= 0.3 is 0 Å². The highest BCUT2D eigenvalue weighted by molar-refractivity contribution is 5.94. The Morgan fingerprint density at radius 2 is 2.41 bits per heavy atom. The summed E-state index contributed by atoms with van der Waals surface area (Å²) in [6, 6.07) is 1.70. The van der Waals surface area contributed by atoms with E-state index in [0.29, 0.717) is 31.0 Å². The quantitative estimate of drug-likeness (QED) is 0.795. The molecule has 0 aromatic carbocycles. The summed E-state index contributed by atoms with van der Waals surface area (Å²) >= 11 is 0. The van der Waals surface area contributed by atoms with Gasteiger partial charge in [0.2, 0.25) is 0 Å². The van der Waals surface area contributed by atoms with Crippen LogP contribution in [-0.4, -0.2) is 39.7 Å². The standard InChI is InChI=1S/C12H19N3O2/c1-2-14-7-9(13)6-11(14)12(17)15-5-3-4-10(16)8-15/h6-7,10,16H,2-5,8,13H2,1H3/t10-/m0/s1. The highest BCUT2D eigenvalue weighted by atomic mass is 16.3. The number of nitrogens with zero attached hydrogens (tertiary/aromatic N) is 2. The number of nitrogen functional groups attached to an aromatic ring is 1. The second-order valence-corrected chi connectivity index (χ2v) is 4.49. The molecule has 17 heavy (non-hydrogen) atoms. The number of amides is 1. The molecule has 5 nitrogen and oxygen atoms in total. The zero-order chi connectivity index (χ0) is 12.4. The number of carbonyl (C=O) groups excluding carboxylic acids is 1. The molecule has 94 valence electrons. The fourth-order valence-electron chi connectivity index (χ4n) is 2.27. The van der Waals surface area contributed by atoms with Crippen molar-refractivity contribution in [3.8, 4) is 0 Å². The predicted molar refractivity (Wildman–Crippen MR) is 65.7 cm³/mol. The van der Waals surface area contributed by atoms with Gasteiger partial charge in [-0.05, 0) is 25.8 Å². The van der Waals surface area contributed by atoms with Gasteiger partial charge in [-0.25, -0.2) is 0 Å². The summed E-state index contributed by atoms with van der Waals surface area (Å²) in [5.74, 6) is -0.0395. The molecule has 3 N–H and O–H groups in total. The van der Waals surface area contributed by atoms with E-state index in [1.165, 1.54) is 0 Å². The van der Waals surface area contributed by atoms with Crippen molar-refractivity contribution in [1.29, 1.82) is 0 Å². The van der Waals surface area contributed by atoms with Gasteiger partial charge in [0.1, 0.15) is 5.69 Å². The van der Waals surface area contributed by atoms with Gasteiger partial charge in [-0.15, -0.1) is 0 Å². The zero-order valence-electron chi connectivity index (χ0n) is 10.1. The van der Waals surface area contributed by atoms with E-state index in [4.69, 9.17) is 5.73 Å². The fourth-order valence-corrected chi connectivity index (χ4v) is 2.27. The number of hydrogen-bond acceptors (Lipinski definition) is 3. The molecule has 0 aliphatic carbocycles. The number of nitrogens with two attached hydrogens (primary N) is 1. The lowest BCUT2D eigenvalue weighted by atomic mass is 10.1. The number of rotatable bonds is 2. The molecule has 0 radical (unpaired) electrons. The smallest absolute Gasteiger partial charge is 0.270 e. The molecule has 0 bridgehead atoms. The summed E-state index contributed by atoms with van der Waals surface area (Å²) in [7, 11) is 0. The van der Waals surface area contributed by atoms with Crippen LogP contribution in [0.15, 0.2) is 12.3 Å². The van der Waals surface area contributed by atoms with E-state index in [1.807, 2.05) is 11.5 Å². The number of carbonyl (C=O) groups is 1. The third-order valence-electron chi connectivity index (χ3n) is 3.16. The maximum absolute atomic E-state index is 12.3. The van der Waals surface area contributed by atoms with Crippen LogP contribution in [0.2, 0.25) is 0 Å². The molecular weight excluding hydrogens is 218 g/mol. The summed E-state index contributed by atoms with van der Waals surface area (Å²) in [6.45, 7) is 3.83. The monoisotopic (exact) mass is 237 g/mol. The van der Waals surface area contributed by atoms with Crippen molar-refractivity contribution in [3.05, 3.63) is 18.0 Å². The Kier molecular flexibility index (Phi) is 3.38. The molecule has 1 aliphatic rings. The normalized spacial score (nSPS) is 20.6. The SMILES string of the molecule is CCn1cc(N)cc1C(=O)N1CCC[C@H](O)C1. The van der Waals surface area contributed by atoms with Gasteiger partial charge in [0.05, 0.1) is 11.8 Å². The van der Waals surface area contributed by atoms with E-state index in [2.05, 4.69) is 0 Å². The van der Waals surface area contributed by atoms with Crippen LogP contribution in [-0.2, 0) is 6.54 Å². The van der Waals surface area contributed by atoms with E-state index in [-0.39, 0.29) is 5.91 Å². The van der Waals surface area contributed by atoms with E-state index in [9.17, 15) is 9.90 Å². The van der Waals surface area contributed by atoms with Crippen LogP contribution in [0, 0.1) is 0 Å². The number of anilines is 1. The molecule has 0 unspecified atom stereocenters. The number of likely N-dealkylation sites (tertiary alicyclic amines) is 1. The summed E-state index contributed by atoms with van der Waals surface area (Å²) in [4.78, 5) is 14.0. The molecule has 5 heteroatoms. The molecule has 0 spiro atoms. The first-order chi connectivity index (χ1) is 8.11. The third-order valence-corrected chi connectivity index (χ3v) is 3.16. The summed E-state index contributed by atoms with van der Waals surface area (Å²) in [6.07, 6.45) is 3.01. The highest BCUT2D eigenvalue weighted by Gasteiger charge is 2.24. The van der Waals surface area contributed by atoms with Crippen LogP contribution in [0.5, 0.6) is 0 Å². The van der Waals surface area contributed by atoms with Crippen molar-refractivity contribution in [2.24, 2.45) is 0 Å². The van der Waals surface area contributed by atoms with Crippen molar-refractivity contribution < 1.29 is 9.90 Å². The zero-order valence-corrected chi connectivity index (χ0v) is 10.1. The van der Waals surface area contributed by atoms with Gasteiger partial charge in [-0.3, -0.25) is 4.79 Å². The van der Waals surface area contributed by atoms with Gasteiger partial charge in [-0.1, -0.05) is 0 Å². The minimum absolute atomic E-state index is 0.0395. The van der Waals surface area contributed by atoms with Gasteiger partial charge in [0, 0.05) is 25.8 Å². The second-order valence-electron chi connectivity index (χ2n) is 4.49. The Labute approximate surface area is 101 Å². The van der Waals surface area contributed by atoms with Crippen molar-refractivity contribution in [1.82, 2.24) is 9.47 Å². The van der Waals surface area contributed by atoms with Gasteiger partial charge in [0.15, 0.2) is 0 Å². The number of aliphatic hydroxyl groups is 1. The molecule has 1 fully saturated rings. The van der Waals surface area contributed by atoms with Crippen molar-refractivity contribution in [3.63, 3.8) is 0 Å². The van der Waals surface area contributed by atoms with Crippen LogP contribution >= 0.6 is 0 Å². The minimum Gasteiger partial charge on any atom is -0.397 e. The number of aromatic nitrogens is 1. The average Bonchev–Trinajstić information content (AvgIpc) is 2.69. The van der Waals surface area contributed by atoms with E-state index < -0.39 is 6.10 Å². The molecule has 1 saturated heterocycles. The number of hydrogen-bond donors (Lipinski definition) is 2. The molecule has 0 saturated carbocycles. The molecule has 1 aromatic rings. The third kappa shape index (κ3) is 2.44. The Balaban J connectivity index is 2.18. The average molecular weight is 237 g/mol. The van der Waals surface area contributed by atoms with Crippen LogP contribution in [0.3, 0.4) is 0 Å². The van der Waals surface area contributed by atoms with Crippen LogP contribution in [0.25, 0.3) is 0 Å². The minimum atomic E-state index is -0.393. The van der Waals surface area contributed by atoms with E-state index in [0.717, 1.165) is 12.8 Å². The number of aryl methyl sites for hydroxylation is 1. The lowest BCUT2D eigenvalue weighted by Crippen LogP contribution is -2.42. The van der Waals surface area contributed by atoms with Crippen LogP contribution < -0.4 is 5.73 Å². The summed E-state index contributed by atoms with van der Waals surface area (Å²) in [5, 5.41) is 9.58. The van der Waals surface area contributed by atoms with Gasteiger partial charge < -0.3 is 20.3 Å². The maximum atomic E-state index is 12.3. The number of aliphatic hydroxyl groups excluding tert-OH is 1. The fraction of sp³-hybridized carbons (Fsp3) is 0.583. The lowest BCUT2D eigenvalue weighted by Gasteiger charge is -2.30. The first-order valence-electron chi connectivity index (χ1n) is 6.04. The Bertz CT molecular complexity index is 414. The predicted octanol–water partition coefficient (Wildman–Crippen LogP) is 0.687. The van der Waals surface area contributed by atoms with Crippen molar-refractivity contribution in [2.75, 3.05) is 18.8 Å². The number of β-amino-alcohol motifs (C(OH)–C–C–N with tert-alkyl or cyclic N) is 1. The highest BCUT2D eigenvalue weighted by Crippen LogP contribution is 2.17. The summed E-state index contributed by atoms with van der Waals surface area (Å²) < 4.78 is 1.85. The van der Waals surface area contributed by atoms with Gasteiger partial charge in [0.25, 0.3) is 5.91 Å². The molecule has 1 aliphatic heterocycles. The maximum Gasteiger partial charge on any atom is 0.270 e. The Hall–Kier alpha value is -1.49. The second kappa shape index (κ2) is 4.79. The van der Waals surface area contributed by atoms with Gasteiger partial charge in [-0.2, -0.15) is 0 Å². The largest absolute Gasteiger partial charge is 0.397 e. The molecule has 2 rings (SSSR count).